The molecule has 0 N–H and O–H groups in total. The van der Waals surface area contributed by atoms with Gasteiger partial charge in [-0.3, -0.25) is 0 Å². The lowest BCUT2D eigenvalue weighted by Gasteiger charge is -2.43. The largest absolute Gasteiger partial charge is 0.469 e. The number of para-hydroxylation sites is 1. The number of pyridine rings is 1. The molecule has 5 aromatic rings. The molecule has 0 spiro atoms. The van der Waals surface area contributed by atoms with Crippen molar-refractivity contribution in [2.75, 3.05) is 0 Å². The first-order valence-electron chi connectivity index (χ1n) is 17.7. The number of rotatable bonds is 8. The van der Waals surface area contributed by atoms with Gasteiger partial charge in [-0.25, -0.2) is 0 Å². The van der Waals surface area contributed by atoms with Crippen molar-refractivity contribution in [2.45, 2.75) is 91.1 Å². The first-order chi connectivity index (χ1) is 23.0. The van der Waals surface area contributed by atoms with E-state index in [1.54, 1.807) is 0 Å². The zero-order valence-corrected chi connectivity index (χ0v) is 28.6. The molecule has 0 saturated carbocycles. The predicted molar refractivity (Wildman–Crippen MR) is 194 cm³/mol. The number of unbranched alkanes of at least 4 members (excludes halogenated alkanes) is 1. The van der Waals surface area contributed by atoms with Crippen molar-refractivity contribution < 1.29 is 14.0 Å². The number of nitrogens with zero attached hydrogens (tertiary/aromatic N) is 1. The van der Waals surface area contributed by atoms with E-state index in [1.165, 1.54) is 68.4 Å². The van der Waals surface area contributed by atoms with Crippen molar-refractivity contribution >= 4 is 10.9 Å². The van der Waals surface area contributed by atoms with Crippen LogP contribution in [0.25, 0.3) is 44.4 Å². The minimum absolute atomic E-state index is 0.00225. The second-order valence-electron chi connectivity index (χ2n) is 13.6. The highest BCUT2D eigenvalue weighted by molar-refractivity contribution is 5.90. The molecule has 47 heavy (non-hydrogen) atoms. The van der Waals surface area contributed by atoms with Crippen LogP contribution >= 0.6 is 0 Å². The van der Waals surface area contributed by atoms with E-state index >= 15 is 0 Å². The van der Waals surface area contributed by atoms with Crippen molar-refractivity contribution in [3.8, 4) is 33.5 Å². The Balaban J connectivity index is 1.53. The van der Waals surface area contributed by atoms with Crippen LogP contribution in [-0.2, 0) is 27.9 Å². The van der Waals surface area contributed by atoms with E-state index < -0.39 is 0 Å². The Morgan fingerprint density at radius 1 is 0.766 bits per heavy atom. The number of allylic oxidation sites excluding steroid dienone is 1. The number of hydrogen-bond acceptors (Lipinski definition) is 2. The van der Waals surface area contributed by atoms with E-state index in [9.17, 15) is 0 Å². The molecule has 0 radical (unpaired) electrons. The Morgan fingerprint density at radius 2 is 1.49 bits per heavy atom. The lowest BCUT2D eigenvalue weighted by molar-refractivity contribution is -0.670. The Kier molecular flexibility index (Phi) is 8.77. The summed E-state index contributed by atoms with van der Waals surface area (Å²) in [6, 6.07) is 38.7. The molecule has 3 heterocycles. The molecular weight excluding hydrogens is 574 g/mol. The Labute approximate surface area is 280 Å². The minimum Gasteiger partial charge on any atom is -0.469 e. The van der Waals surface area contributed by atoms with Gasteiger partial charge in [-0.2, -0.15) is 4.57 Å². The third-order valence-electron chi connectivity index (χ3n) is 10.9. The summed E-state index contributed by atoms with van der Waals surface area (Å²) in [5.41, 5.74) is 11.5. The van der Waals surface area contributed by atoms with Crippen molar-refractivity contribution in [2.24, 2.45) is 5.92 Å². The highest BCUT2D eigenvalue weighted by atomic mass is 16.7. The summed E-state index contributed by atoms with van der Waals surface area (Å²) >= 11 is 0. The molecule has 0 fully saturated rings. The monoisotopic (exact) mass is 622 g/mol. The summed E-state index contributed by atoms with van der Waals surface area (Å²) in [5, 5.41) is 1.24. The number of fused-ring (bicyclic) bond motifs is 5. The van der Waals surface area contributed by atoms with Crippen LogP contribution in [-0.4, -0.2) is 12.4 Å². The van der Waals surface area contributed by atoms with E-state index in [-0.39, 0.29) is 23.7 Å². The Morgan fingerprint density at radius 3 is 2.21 bits per heavy atom. The van der Waals surface area contributed by atoms with Crippen LogP contribution in [0.2, 0.25) is 0 Å². The molecule has 2 aliphatic heterocycles. The van der Waals surface area contributed by atoms with Crippen molar-refractivity contribution in [1.29, 1.82) is 0 Å². The summed E-state index contributed by atoms with van der Waals surface area (Å²) in [6.45, 7) is 12.0. The van der Waals surface area contributed by atoms with Gasteiger partial charge in [0.2, 0.25) is 17.5 Å². The number of ether oxygens (including phenoxy) is 2. The molecule has 3 atom stereocenters. The quantitative estimate of drug-likeness (QED) is 0.161. The zero-order valence-electron chi connectivity index (χ0n) is 28.6. The molecule has 0 amide bonds. The van der Waals surface area contributed by atoms with Gasteiger partial charge in [0.15, 0.2) is 6.54 Å². The highest BCUT2D eigenvalue weighted by Gasteiger charge is 2.51. The van der Waals surface area contributed by atoms with Crippen LogP contribution < -0.4 is 4.57 Å². The second kappa shape index (κ2) is 13.1. The van der Waals surface area contributed by atoms with Gasteiger partial charge >= 0.3 is 0 Å². The zero-order chi connectivity index (χ0) is 32.5. The first kappa shape index (κ1) is 31.4. The van der Waals surface area contributed by atoms with Gasteiger partial charge in [0.1, 0.15) is 0 Å². The maximum atomic E-state index is 6.69. The summed E-state index contributed by atoms with van der Waals surface area (Å²) in [5.74, 6) is 1.04. The third kappa shape index (κ3) is 5.69. The fourth-order valence-electron chi connectivity index (χ4n) is 8.34. The van der Waals surface area contributed by atoms with Gasteiger partial charge in [0.25, 0.3) is 0 Å². The van der Waals surface area contributed by atoms with Crippen molar-refractivity contribution in [3.05, 3.63) is 126 Å². The summed E-state index contributed by atoms with van der Waals surface area (Å²) in [4.78, 5) is 0. The summed E-state index contributed by atoms with van der Waals surface area (Å²) in [6.07, 6.45) is 7.28. The standard InChI is InChI=1S/C44H48NO2/c1-6-9-15-32-20-22-33(23-21-32)35-24-25-39-38(27-35)42-37(34-16-11-10-12-17-34)28-36-18-13-14-19-41(36)45(42)29-40(44(39,7-2)8-3)43-46-30(4)26-31(5)47-43/h10-14,16-28,30,40,43H,6-9,15,29H2,1-5H3/q+1. The van der Waals surface area contributed by atoms with E-state index in [2.05, 4.69) is 148 Å². The van der Waals surface area contributed by atoms with Crippen LogP contribution in [0.1, 0.15) is 71.4 Å². The van der Waals surface area contributed by atoms with Crippen molar-refractivity contribution in [1.82, 2.24) is 0 Å². The molecule has 3 nitrogen and oxygen atoms in total. The molecule has 2 aliphatic rings. The topological polar surface area (TPSA) is 22.3 Å². The van der Waals surface area contributed by atoms with Crippen LogP contribution in [0.5, 0.6) is 0 Å². The maximum absolute atomic E-state index is 6.69. The lowest BCUT2D eigenvalue weighted by Crippen LogP contribution is -2.52. The maximum Gasteiger partial charge on any atom is 0.221 e. The van der Waals surface area contributed by atoms with Gasteiger partial charge in [-0.1, -0.05) is 106 Å². The molecule has 3 unspecified atom stereocenters. The summed E-state index contributed by atoms with van der Waals surface area (Å²) < 4.78 is 15.9. The molecule has 0 bridgehead atoms. The molecule has 240 valence electrons. The van der Waals surface area contributed by atoms with Crippen LogP contribution in [0.4, 0.5) is 0 Å². The van der Waals surface area contributed by atoms with Gasteiger partial charge in [0, 0.05) is 16.9 Å². The average molecular weight is 623 g/mol. The fourth-order valence-corrected chi connectivity index (χ4v) is 8.34. The first-order valence-corrected chi connectivity index (χ1v) is 17.7. The SMILES string of the molecule is CCCCc1ccc(-c2ccc3c(c2)-c2c(-c4ccccc4)cc4ccccc4[n+]2CC(C2OC(C)=CC(C)O2)C3(CC)CC)cc1. The number of benzene rings is 4. The molecular formula is C44H48NO2+. The number of aromatic nitrogens is 1. The fraction of sp³-hybridized carbons (Fsp3) is 0.341. The minimum atomic E-state index is -0.351. The van der Waals surface area contributed by atoms with Crippen LogP contribution in [0, 0.1) is 5.92 Å². The van der Waals surface area contributed by atoms with E-state index in [0.29, 0.717) is 0 Å². The molecule has 7 rings (SSSR count). The third-order valence-corrected chi connectivity index (χ3v) is 10.9. The van der Waals surface area contributed by atoms with Crippen LogP contribution in [0.3, 0.4) is 0 Å². The van der Waals surface area contributed by atoms with Crippen molar-refractivity contribution in [3.63, 3.8) is 0 Å². The molecule has 0 aliphatic carbocycles. The lowest BCUT2D eigenvalue weighted by atomic mass is 9.65. The molecule has 4 aromatic carbocycles. The average Bonchev–Trinajstić information content (AvgIpc) is 3.23. The molecule has 0 saturated heterocycles. The molecule has 1 aromatic heterocycles. The number of aryl methyl sites for hydroxylation is 1. The smallest absolute Gasteiger partial charge is 0.221 e. The van der Waals surface area contributed by atoms with Gasteiger partial charge < -0.3 is 9.47 Å². The normalized spacial score (nSPS) is 20.1. The van der Waals surface area contributed by atoms with Gasteiger partial charge in [-0.05, 0) is 91.6 Å². The van der Waals surface area contributed by atoms with Gasteiger partial charge in [-0.15, -0.1) is 0 Å². The Bertz CT molecular complexity index is 1900. The van der Waals surface area contributed by atoms with E-state index in [1.807, 2.05) is 0 Å². The van der Waals surface area contributed by atoms with E-state index in [0.717, 1.165) is 31.6 Å². The summed E-state index contributed by atoms with van der Waals surface area (Å²) in [7, 11) is 0. The molecule has 3 heteroatoms. The predicted octanol–water partition coefficient (Wildman–Crippen LogP) is 10.8. The van der Waals surface area contributed by atoms with Crippen LogP contribution in [0.15, 0.2) is 115 Å². The highest BCUT2D eigenvalue weighted by Crippen LogP contribution is 2.51. The van der Waals surface area contributed by atoms with E-state index in [4.69, 9.17) is 9.47 Å². The Hall–Kier alpha value is -4.21. The number of hydrogen-bond donors (Lipinski definition) is 0. The second-order valence-corrected chi connectivity index (χ2v) is 13.6. The van der Waals surface area contributed by atoms with Gasteiger partial charge in [0.05, 0.1) is 28.9 Å².